The van der Waals surface area contributed by atoms with Gasteiger partial charge in [0, 0.05) is 12.6 Å². The molecule has 18 heavy (non-hydrogen) atoms. The number of nitrogens with one attached hydrogen (secondary N) is 1. The van der Waals surface area contributed by atoms with E-state index < -0.39 is 0 Å². The Kier molecular flexibility index (Phi) is 6.65. The van der Waals surface area contributed by atoms with Gasteiger partial charge in [-0.1, -0.05) is 27.7 Å². The van der Waals surface area contributed by atoms with E-state index in [2.05, 4.69) is 44.8 Å². The summed E-state index contributed by atoms with van der Waals surface area (Å²) in [6.45, 7) is 16.7. The Morgan fingerprint density at radius 2 is 1.83 bits per heavy atom. The largest absolute Gasteiger partial charge is 0.315 e. The summed E-state index contributed by atoms with van der Waals surface area (Å²) in [5.41, 5.74) is 0.555. The van der Waals surface area contributed by atoms with Crippen LogP contribution in [0.15, 0.2) is 0 Å². The van der Waals surface area contributed by atoms with Crippen LogP contribution in [0.5, 0.6) is 0 Å². The molecule has 108 valence electrons. The van der Waals surface area contributed by atoms with Gasteiger partial charge in [-0.2, -0.15) is 0 Å². The first kappa shape index (κ1) is 16.0. The lowest BCUT2D eigenvalue weighted by Crippen LogP contribution is -2.41. The Hall–Kier alpha value is -0.0800. The number of likely N-dealkylation sites (tertiary alicyclic amines) is 1. The lowest BCUT2D eigenvalue weighted by molar-refractivity contribution is 0.202. The number of hydrogen-bond donors (Lipinski definition) is 1. The molecule has 1 atom stereocenters. The third kappa shape index (κ3) is 6.19. The Morgan fingerprint density at radius 3 is 2.50 bits per heavy atom. The topological polar surface area (TPSA) is 15.3 Å². The molecule has 2 heteroatoms. The zero-order valence-electron chi connectivity index (χ0n) is 13.3. The average molecular weight is 254 g/mol. The average Bonchev–Trinajstić information content (AvgIpc) is 2.45. The van der Waals surface area contributed by atoms with Crippen LogP contribution in [0.4, 0.5) is 0 Å². The molecule has 0 amide bonds. The van der Waals surface area contributed by atoms with Gasteiger partial charge in [0.2, 0.25) is 0 Å². The smallest absolute Gasteiger partial charge is 0.0192 e. The summed E-state index contributed by atoms with van der Waals surface area (Å²) in [6.07, 6.45) is 5.39. The van der Waals surface area contributed by atoms with Crippen molar-refractivity contribution in [3.63, 3.8) is 0 Å². The third-order valence-electron chi connectivity index (χ3n) is 4.34. The number of rotatable bonds is 6. The molecule has 2 nitrogen and oxygen atoms in total. The van der Waals surface area contributed by atoms with Crippen molar-refractivity contribution >= 4 is 0 Å². The molecule has 1 fully saturated rings. The highest BCUT2D eigenvalue weighted by atomic mass is 15.2. The zero-order chi connectivity index (χ0) is 13.6. The van der Waals surface area contributed by atoms with Crippen molar-refractivity contribution in [2.45, 2.75) is 66.3 Å². The van der Waals surface area contributed by atoms with Gasteiger partial charge in [-0.05, 0) is 63.6 Å². The molecule has 1 unspecified atom stereocenters. The van der Waals surface area contributed by atoms with Gasteiger partial charge < -0.3 is 5.32 Å². The Bertz CT molecular complexity index is 223. The number of hydrogen-bond acceptors (Lipinski definition) is 2. The van der Waals surface area contributed by atoms with Crippen molar-refractivity contribution in [2.75, 3.05) is 26.2 Å². The van der Waals surface area contributed by atoms with Crippen molar-refractivity contribution in [3.8, 4) is 0 Å². The molecule has 1 aliphatic rings. The molecule has 1 N–H and O–H groups in total. The van der Waals surface area contributed by atoms with E-state index in [0.29, 0.717) is 11.5 Å². The van der Waals surface area contributed by atoms with E-state index in [1.807, 2.05) is 0 Å². The second-order valence-electron chi connectivity index (χ2n) is 7.29. The van der Waals surface area contributed by atoms with Crippen molar-refractivity contribution in [1.82, 2.24) is 10.2 Å². The van der Waals surface area contributed by atoms with Crippen LogP contribution in [0.3, 0.4) is 0 Å². The van der Waals surface area contributed by atoms with Crippen LogP contribution in [0, 0.1) is 11.3 Å². The van der Waals surface area contributed by atoms with E-state index in [-0.39, 0.29) is 0 Å². The standard InChI is InChI=1S/C16H34N2/c1-14(2)7-10-17-13-15(3)18-11-6-8-16(4,5)9-12-18/h14-15,17H,6-13H2,1-5H3. The molecule has 0 aromatic heterocycles. The monoisotopic (exact) mass is 254 g/mol. The molecule has 0 aromatic carbocycles. The summed E-state index contributed by atoms with van der Waals surface area (Å²) >= 11 is 0. The fraction of sp³-hybridized carbons (Fsp3) is 1.00. The van der Waals surface area contributed by atoms with Crippen LogP contribution < -0.4 is 5.32 Å². The molecule has 1 heterocycles. The van der Waals surface area contributed by atoms with E-state index in [4.69, 9.17) is 0 Å². The highest BCUT2D eigenvalue weighted by Crippen LogP contribution is 2.30. The minimum absolute atomic E-state index is 0.555. The molecular formula is C16H34N2. The van der Waals surface area contributed by atoms with Gasteiger partial charge in [-0.3, -0.25) is 4.90 Å². The van der Waals surface area contributed by atoms with Gasteiger partial charge in [-0.25, -0.2) is 0 Å². The maximum atomic E-state index is 3.61. The molecule has 1 aliphatic heterocycles. The van der Waals surface area contributed by atoms with Crippen LogP contribution in [-0.2, 0) is 0 Å². The molecule has 0 spiro atoms. The van der Waals surface area contributed by atoms with E-state index in [1.54, 1.807) is 0 Å². The molecule has 0 radical (unpaired) electrons. The summed E-state index contributed by atoms with van der Waals surface area (Å²) in [4.78, 5) is 2.68. The Labute approximate surface area is 115 Å². The Morgan fingerprint density at radius 1 is 1.11 bits per heavy atom. The van der Waals surface area contributed by atoms with Crippen molar-refractivity contribution < 1.29 is 0 Å². The highest BCUT2D eigenvalue weighted by Gasteiger charge is 2.24. The first-order chi connectivity index (χ1) is 8.41. The summed E-state index contributed by atoms with van der Waals surface area (Å²) in [6, 6.07) is 0.686. The molecule has 1 saturated heterocycles. The van der Waals surface area contributed by atoms with Crippen LogP contribution in [-0.4, -0.2) is 37.1 Å². The molecule has 0 aromatic rings. The second-order valence-corrected chi connectivity index (χ2v) is 7.29. The summed E-state index contributed by atoms with van der Waals surface area (Å²) < 4.78 is 0. The fourth-order valence-electron chi connectivity index (χ4n) is 2.72. The maximum Gasteiger partial charge on any atom is 0.0192 e. The third-order valence-corrected chi connectivity index (χ3v) is 4.34. The van der Waals surface area contributed by atoms with Crippen molar-refractivity contribution in [3.05, 3.63) is 0 Å². The van der Waals surface area contributed by atoms with Gasteiger partial charge in [0.15, 0.2) is 0 Å². The SMILES string of the molecule is CC(C)CCNCC(C)N1CCCC(C)(C)CC1. The zero-order valence-corrected chi connectivity index (χ0v) is 13.3. The maximum absolute atomic E-state index is 3.61. The molecular weight excluding hydrogens is 220 g/mol. The minimum atomic E-state index is 0.555. The second kappa shape index (κ2) is 7.49. The van der Waals surface area contributed by atoms with Crippen LogP contribution >= 0.6 is 0 Å². The van der Waals surface area contributed by atoms with E-state index in [9.17, 15) is 0 Å². The summed E-state index contributed by atoms with van der Waals surface area (Å²) in [5.74, 6) is 0.812. The van der Waals surface area contributed by atoms with Gasteiger partial charge in [0.25, 0.3) is 0 Å². The van der Waals surface area contributed by atoms with Crippen LogP contribution in [0.25, 0.3) is 0 Å². The predicted octanol–water partition coefficient (Wildman–Crippen LogP) is 3.52. The van der Waals surface area contributed by atoms with Crippen LogP contribution in [0.1, 0.15) is 60.3 Å². The molecule has 0 bridgehead atoms. The van der Waals surface area contributed by atoms with E-state index in [1.165, 1.54) is 45.3 Å². The van der Waals surface area contributed by atoms with E-state index in [0.717, 1.165) is 12.5 Å². The summed E-state index contributed by atoms with van der Waals surface area (Å²) in [7, 11) is 0. The minimum Gasteiger partial charge on any atom is -0.315 e. The molecule has 0 saturated carbocycles. The normalized spacial score (nSPS) is 23.0. The van der Waals surface area contributed by atoms with Gasteiger partial charge in [0.05, 0.1) is 0 Å². The highest BCUT2D eigenvalue weighted by molar-refractivity contribution is 4.79. The van der Waals surface area contributed by atoms with E-state index >= 15 is 0 Å². The first-order valence-electron chi connectivity index (χ1n) is 7.85. The molecule has 0 aliphatic carbocycles. The first-order valence-corrected chi connectivity index (χ1v) is 7.85. The molecule has 1 rings (SSSR count). The lowest BCUT2D eigenvalue weighted by Gasteiger charge is -2.29. The van der Waals surface area contributed by atoms with Gasteiger partial charge in [0.1, 0.15) is 0 Å². The lowest BCUT2D eigenvalue weighted by atomic mass is 9.85. The predicted molar refractivity (Wildman–Crippen MR) is 81.0 cm³/mol. The quantitative estimate of drug-likeness (QED) is 0.730. The van der Waals surface area contributed by atoms with Gasteiger partial charge >= 0.3 is 0 Å². The van der Waals surface area contributed by atoms with Crippen LogP contribution in [0.2, 0.25) is 0 Å². The van der Waals surface area contributed by atoms with Crippen molar-refractivity contribution in [2.24, 2.45) is 11.3 Å². The van der Waals surface area contributed by atoms with Crippen molar-refractivity contribution in [1.29, 1.82) is 0 Å². The fourth-order valence-corrected chi connectivity index (χ4v) is 2.72. The Balaban J connectivity index is 2.22. The van der Waals surface area contributed by atoms with Gasteiger partial charge in [-0.15, -0.1) is 0 Å². The number of nitrogens with zero attached hydrogens (tertiary/aromatic N) is 1. The summed E-state index contributed by atoms with van der Waals surface area (Å²) in [5, 5.41) is 3.61.